The fraction of sp³-hybridized carbons (Fsp3) is 0.364. The Bertz CT molecular complexity index is 1850. The van der Waals surface area contributed by atoms with Gasteiger partial charge in [0.2, 0.25) is 5.60 Å². The summed E-state index contributed by atoms with van der Waals surface area (Å²) in [6.45, 7) is 2.88. The molecule has 232 valence electrons. The molecule has 2 aliphatic heterocycles. The van der Waals surface area contributed by atoms with E-state index in [1.165, 1.54) is 25.1 Å². The quantitative estimate of drug-likeness (QED) is 0.260. The lowest BCUT2D eigenvalue weighted by atomic mass is 9.60. The van der Waals surface area contributed by atoms with Crippen molar-refractivity contribution in [2.45, 2.75) is 63.3 Å². The monoisotopic (exact) mass is 616 g/mol. The molecule has 0 amide bonds. The van der Waals surface area contributed by atoms with Gasteiger partial charge in [-0.15, -0.1) is 0 Å². The number of benzene rings is 2. The lowest BCUT2D eigenvalue weighted by Crippen LogP contribution is -2.58. The van der Waals surface area contributed by atoms with Crippen molar-refractivity contribution in [3.05, 3.63) is 69.3 Å². The van der Waals surface area contributed by atoms with E-state index in [1.54, 1.807) is 19.1 Å². The van der Waals surface area contributed by atoms with Crippen LogP contribution in [0, 0.1) is 5.41 Å². The Kier molecular flexibility index (Phi) is 6.00. The van der Waals surface area contributed by atoms with Gasteiger partial charge < -0.3 is 34.3 Å². The molecule has 5 atom stereocenters. The number of phenols is 2. The zero-order valence-corrected chi connectivity index (χ0v) is 24.5. The number of Topliss-reactive ketones (excluding diaryl/α,β-unsaturated/α-hetero) is 2. The lowest BCUT2D eigenvalue weighted by molar-refractivity contribution is -0.175. The first-order chi connectivity index (χ1) is 21.3. The number of ketones is 2. The number of allylic oxidation sites excluding steroid dienone is 1. The van der Waals surface area contributed by atoms with Gasteiger partial charge in [0.1, 0.15) is 34.7 Å². The minimum atomic E-state index is -2.09. The maximum Gasteiger partial charge on any atom is 0.354 e. The molecule has 1 spiro atoms. The first-order valence-electron chi connectivity index (χ1n) is 14.4. The molecule has 2 bridgehead atoms. The Morgan fingerprint density at radius 3 is 2.47 bits per heavy atom. The minimum Gasteiger partial charge on any atom is -0.507 e. The van der Waals surface area contributed by atoms with Crippen LogP contribution in [0.3, 0.4) is 0 Å². The summed E-state index contributed by atoms with van der Waals surface area (Å²) in [5.74, 6) is -6.21. The van der Waals surface area contributed by atoms with Crippen LogP contribution in [0.15, 0.2) is 41.5 Å². The van der Waals surface area contributed by atoms with Crippen LogP contribution in [0.5, 0.6) is 17.2 Å². The number of carbonyl (C=O) groups excluding carboxylic acids is 5. The van der Waals surface area contributed by atoms with Gasteiger partial charge in [0.25, 0.3) is 0 Å². The van der Waals surface area contributed by atoms with Crippen LogP contribution in [-0.2, 0) is 39.8 Å². The molecule has 12 nitrogen and oxygen atoms in total. The molecule has 2 aromatic carbocycles. The van der Waals surface area contributed by atoms with E-state index in [1.807, 2.05) is 0 Å². The van der Waals surface area contributed by atoms with Crippen molar-refractivity contribution in [2.24, 2.45) is 5.41 Å². The van der Waals surface area contributed by atoms with Crippen LogP contribution < -0.4 is 4.74 Å². The molecule has 8 rings (SSSR count). The van der Waals surface area contributed by atoms with E-state index >= 15 is 0 Å². The largest absolute Gasteiger partial charge is 0.507 e. The predicted octanol–water partition coefficient (Wildman–Crippen LogP) is 3.42. The highest BCUT2D eigenvalue weighted by atomic mass is 16.6. The second-order valence-electron chi connectivity index (χ2n) is 12.1. The number of aromatic hydroxyl groups is 2. The van der Waals surface area contributed by atoms with Gasteiger partial charge in [0.15, 0.2) is 17.7 Å². The molecule has 1 fully saturated rings. The van der Waals surface area contributed by atoms with Gasteiger partial charge in [-0.25, -0.2) is 4.79 Å². The number of rotatable bonds is 3. The number of hydrogen-bond acceptors (Lipinski definition) is 12. The van der Waals surface area contributed by atoms with Crippen molar-refractivity contribution in [1.29, 1.82) is 0 Å². The standard InChI is InChI=1S/C33H28O12/c1-13-10-32-11-15-9-18(36)25-19(37)12-33(31(41)42-3,20-7-8-21(38)44-20)45-29(25)23(15)22(13)27(39)26(32)28(40)24-16(5-4-6-17(24)35)30(32)43-14(2)34/h4-6,9-10,20,22,30,35-36,40H,7-8,11-12H2,1-3H3/t20?,22-,30-,32-,33-/m0/s1. The summed E-state index contributed by atoms with van der Waals surface area (Å²) in [7, 11) is 1.10. The molecular weight excluding hydrogens is 588 g/mol. The second kappa shape index (κ2) is 9.43. The third kappa shape index (κ3) is 3.68. The molecule has 0 saturated carbocycles. The molecule has 0 radical (unpaired) electrons. The molecule has 2 heterocycles. The highest BCUT2D eigenvalue weighted by Crippen LogP contribution is 2.64. The number of aliphatic hydroxyl groups excluding tert-OH is 1. The van der Waals surface area contributed by atoms with E-state index in [9.17, 15) is 39.3 Å². The van der Waals surface area contributed by atoms with Gasteiger partial charge in [0.05, 0.1) is 36.0 Å². The second-order valence-corrected chi connectivity index (χ2v) is 12.1. The zero-order valence-electron chi connectivity index (χ0n) is 24.5. The average molecular weight is 617 g/mol. The zero-order chi connectivity index (χ0) is 32.2. The molecule has 0 aromatic heterocycles. The summed E-state index contributed by atoms with van der Waals surface area (Å²) in [5.41, 5.74) is -2.75. The molecule has 6 aliphatic rings. The molecule has 1 unspecified atom stereocenters. The van der Waals surface area contributed by atoms with E-state index < -0.39 is 76.5 Å². The third-order valence-corrected chi connectivity index (χ3v) is 9.58. The number of cyclic esters (lactones) is 1. The summed E-state index contributed by atoms with van der Waals surface area (Å²) in [5, 5.41) is 33.6. The Labute approximate surface area is 255 Å². The number of fused-ring (bicyclic) bond motifs is 2. The van der Waals surface area contributed by atoms with Crippen LogP contribution in [0.1, 0.15) is 77.7 Å². The van der Waals surface area contributed by atoms with Crippen LogP contribution in [0.2, 0.25) is 0 Å². The fourth-order valence-electron chi connectivity index (χ4n) is 7.91. The Balaban J connectivity index is 1.51. The molecular formula is C33H28O12. The predicted molar refractivity (Wildman–Crippen MR) is 151 cm³/mol. The van der Waals surface area contributed by atoms with Crippen molar-refractivity contribution in [3.63, 3.8) is 0 Å². The van der Waals surface area contributed by atoms with E-state index in [2.05, 4.69) is 0 Å². The number of hydrogen-bond donors (Lipinski definition) is 3. The van der Waals surface area contributed by atoms with Crippen molar-refractivity contribution >= 4 is 35.2 Å². The third-order valence-electron chi connectivity index (χ3n) is 9.58. The number of ether oxygens (including phenoxy) is 4. The first kappa shape index (κ1) is 28.6. The van der Waals surface area contributed by atoms with Crippen LogP contribution >= 0.6 is 0 Å². The van der Waals surface area contributed by atoms with E-state index in [-0.39, 0.29) is 58.6 Å². The van der Waals surface area contributed by atoms with Crippen LogP contribution in [0.4, 0.5) is 0 Å². The average Bonchev–Trinajstić information content (AvgIpc) is 3.32. The number of methoxy groups -OCH3 is 1. The van der Waals surface area contributed by atoms with Gasteiger partial charge in [0, 0.05) is 24.5 Å². The van der Waals surface area contributed by atoms with Gasteiger partial charge in [-0.3, -0.25) is 19.2 Å². The molecule has 45 heavy (non-hydrogen) atoms. The molecule has 4 aliphatic carbocycles. The SMILES string of the molecule is COC(=O)[C@@]1(C2CCC(=O)O2)CC(=O)c2c(O)cc3c(c2O1)[C@H]1C(=O)C2=C(O)c4c(O)cccc4[C@H](OC(C)=O)[C@@]2(C=C1C)C3. The maximum atomic E-state index is 14.6. The van der Waals surface area contributed by atoms with Crippen molar-refractivity contribution in [3.8, 4) is 17.2 Å². The van der Waals surface area contributed by atoms with Gasteiger partial charge in [-0.05, 0) is 37.5 Å². The highest BCUT2D eigenvalue weighted by molar-refractivity contribution is 6.13. The van der Waals surface area contributed by atoms with Gasteiger partial charge in [-0.1, -0.05) is 23.8 Å². The summed E-state index contributed by atoms with van der Waals surface area (Å²) < 4.78 is 22.7. The van der Waals surface area contributed by atoms with E-state index in [0.29, 0.717) is 11.1 Å². The molecule has 3 N–H and O–H groups in total. The van der Waals surface area contributed by atoms with Gasteiger partial charge >= 0.3 is 17.9 Å². The Hall–Kier alpha value is -5.13. The number of carbonyl (C=O) groups is 5. The van der Waals surface area contributed by atoms with Crippen molar-refractivity contribution < 1.29 is 58.2 Å². The summed E-state index contributed by atoms with van der Waals surface area (Å²) in [6.07, 6.45) is -1.29. The fourth-order valence-corrected chi connectivity index (χ4v) is 7.91. The number of phenolic OH excluding ortho intramolecular Hbond substituents is 2. The minimum absolute atomic E-state index is 0.0180. The summed E-state index contributed by atoms with van der Waals surface area (Å²) in [4.78, 5) is 66.3. The van der Waals surface area contributed by atoms with Crippen molar-refractivity contribution in [1.82, 2.24) is 0 Å². The Morgan fingerprint density at radius 1 is 1.04 bits per heavy atom. The first-order valence-corrected chi connectivity index (χ1v) is 14.4. The normalized spacial score (nSPS) is 29.4. The Morgan fingerprint density at radius 2 is 1.80 bits per heavy atom. The summed E-state index contributed by atoms with van der Waals surface area (Å²) in [6, 6.07) is 5.78. The summed E-state index contributed by atoms with van der Waals surface area (Å²) >= 11 is 0. The van der Waals surface area contributed by atoms with Crippen molar-refractivity contribution in [2.75, 3.05) is 7.11 Å². The van der Waals surface area contributed by atoms with E-state index in [4.69, 9.17) is 18.9 Å². The van der Waals surface area contributed by atoms with Crippen LogP contribution in [0.25, 0.3) is 5.76 Å². The molecule has 12 heteroatoms. The smallest absolute Gasteiger partial charge is 0.354 e. The lowest BCUT2D eigenvalue weighted by Gasteiger charge is -2.45. The maximum absolute atomic E-state index is 14.6. The number of esters is 3. The van der Waals surface area contributed by atoms with Gasteiger partial charge in [-0.2, -0.15) is 0 Å². The highest BCUT2D eigenvalue weighted by Gasteiger charge is 2.62. The number of aliphatic hydroxyl groups is 1. The van der Waals surface area contributed by atoms with E-state index in [0.717, 1.165) is 7.11 Å². The molecule has 2 aromatic rings. The molecule has 1 saturated heterocycles. The topological polar surface area (TPSA) is 183 Å². The van der Waals surface area contributed by atoms with Crippen LogP contribution in [-0.4, -0.2) is 63.6 Å².